The molecule has 0 amide bonds. The highest BCUT2D eigenvalue weighted by atomic mass is 79.9. The maximum atomic E-state index is 13.8. The largest absolute Gasteiger partial charge is 0.496 e. The molecule has 0 unspecified atom stereocenters. The van der Waals surface area contributed by atoms with Gasteiger partial charge in [-0.15, -0.1) is 0 Å². The third-order valence-electron chi connectivity index (χ3n) is 2.70. The van der Waals surface area contributed by atoms with Gasteiger partial charge in [0.25, 0.3) is 0 Å². The summed E-state index contributed by atoms with van der Waals surface area (Å²) in [4.78, 5) is 0. The Morgan fingerprint density at radius 3 is 2.50 bits per heavy atom. The first kappa shape index (κ1) is 15.1. The van der Waals surface area contributed by atoms with Crippen molar-refractivity contribution in [3.05, 3.63) is 50.7 Å². The summed E-state index contributed by atoms with van der Waals surface area (Å²) in [5.74, 6) is 0.815. The fourth-order valence-corrected chi connectivity index (χ4v) is 2.57. The molecule has 0 heterocycles. The van der Waals surface area contributed by atoms with E-state index in [0.717, 1.165) is 8.95 Å². The second-order valence-electron chi connectivity index (χ2n) is 4.03. The van der Waals surface area contributed by atoms with Gasteiger partial charge in [0, 0.05) is 5.56 Å². The van der Waals surface area contributed by atoms with E-state index >= 15 is 0 Å². The molecule has 0 saturated carbocycles. The number of ether oxygens (including phenoxy) is 2. The van der Waals surface area contributed by atoms with Crippen molar-refractivity contribution in [1.29, 1.82) is 0 Å². The first-order valence-corrected chi connectivity index (χ1v) is 7.30. The van der Waals surface area contributed by atoms with E-state index in [2.05, 4.69) is 31.9 Å². The van der Waals surface area contributed by atoms with Crippen molar-refractivity contribution in [2.24, 2.45) is 0 Å². The molecular formula is C14H12Br2FNO2. The Bertz CT molecular complexity index is 635. The molecule has 106 valence electrons. The monoisotopic (exact) mass is 403 g/mol. The van der Waals surface area contributed by atoms with E-state index in [1.807, 2.05) is 0 Å². The molecule has 0 atom stereocenters. The molecule has 0 spiro atoms. The third-order valence-corrected chi connectivity index (χ3v) is 3.94. The van der Waals surface area contributed by atoms with Gasteiger partial charge in [0.1, 0.15) is 18.1 Å². The Hall–Kier alpha value is -1.27. The van der Waals surface area contributed by atoms with Crippen LogP contribution in [0.2, 0.25) is 0 Å². The predicted octanol–water partition coefficient (Wildman–Crippen LogP) is 4.52. The van der Waals surface area contributed by atoms with Crippen LogP contribution < -0.4 is 15.2 Å². The summed E-state index contributed by atoms with van der Waals surface area (Å²) >= 11 is 6.76. The number of hydrogen-bond donors (Lipinski definition) is 1. The number of anilines is 1. The average molecular weight is 405 g/mol. The summed E-state index contributed by atoms with van der Waals surface area (Å²) in [6.07, 6.45) is 0. The van der Waals surface area contributed by atoms with E-state index in [1.165, 1.54) is 6.07 Å². The fourth-order valence-electron chi connectivity index (χ4n) is 1.64. The van der Waals surface area contributed by atoms with E-state index in [0.29, 0.717) is 17.1 Å². The fraction of sp³-hybridized carbons (Fsp3) is 0.143. The van der Waals surface area contributed by atoms with Crippen LogP contribution in [0, 0.1) is 5.82 Å². The first-order chi connectivity index (χ1) is 9.52. The molecule has 2 rings (SSSR count). The van der Waals surface area contributed by atoms with Crippen molar-refractivity contribution in [2.45, 2.75) is 6.61 Å². The van der Waals surface area contributed by atoms with Crippen LogP contribution in [-0.2, 0) is 6.61 Å². The maximum Gasteiger partial charge on any atom is 0.152 e. The molecule has 0 aliphatic carbocycles. The van der Waals surface area contributed by atoms with Crippen LogP contribution in [-0.4, -0.2) is 7.11 Å². The van der Waals surface area contributed by atoms with E-state index in [4.69, 9.17) is 15.2 Å². The van der Waals surface area contributed by atoms with Gasteiger partial charge in [0.05, 0.1) is 21.7 Å². The zero-order valence-electron chi connectivity index (χ0n) is 10.6. The molecule has 2 N–H and O–H groups in total. The van der Waals surface area contributed by atoms with Crippen LogP contribution in [0.1, 0.15) is 5.56 Å². The normalized spacial score (nSPS) is 10.4. The zero-order valence-corrected chi connectivity index (χ0v) is 13.8. The number of rotatable bonds is 4. The van der Waals surface area contributed by atoms with E-state index in [1.54, 1.807) is 31.4 Å². The van der Waals surface area contributed by atoms with Gasteiger partial charge < -0.3 is 15.2 Å². The quantitative estimate of drug-likeness (QED) is 0.762. The van der Waals surface area contributed by atoms with Gasteiger partial charge in [-0.25, -0.2) is 4.39 Å². The Labute approximate surface area is 133 Å². The molecule has 0 fully saturated rings. The second-order valence-corrected chi connectivity index (χ2v) is 5.73. The summed E-state index contributed by atoms with van der Waals surface area (Å²) < 4.78 is 26.0. The summed E-state index contributed by atoms with van der Waals surface area (Å²) in [6.45, 7) is 0.0915. The molecule has 0 aliphatic heterocycles. The summed E-state index contributed by atoms with van der Waals surface area (Å²) in [6, 6.07) is 8.37. The molecule has 3 nitrogen and oxygen atoms in total. The van der Waals surface area contributed by atoms with Crippen molar-refractivity contribution in [2.75, 3.05) is 12.8 Å². The van der Waals surface area contributed by atoms with Crippen molar-refractivity contribution < 1.29 is 13.9 Å². The van der Waals surface area contributed by atoms with Gasteiger partial charge in [-0.3, -0.25) is 0 Å². The van der Waals surface area contributed by atoms with E-state index in [9.17, 15) is 4.39 Å². The molecule has 6 heteroatoms. The smallest absolute Gasteiger partial charge is 0.152 e. The number of halogens is 3. The lowest BCUT2D eigenvalue weighted by molar-refractivity contribution is 0.297. The minimum absolute atomic E-state index is 0.0915. The van der Waals surface area contributed by atoms with Gasteiger partial charge in [-0.05, 0) is 50.1 Å². The highest BCUT2D eigenvalue weighted by molar-refractivity contribution is 9.11. The maximum absolute atomic E-state index is 13.8. The van der Waals surface area contributed by atoms with Gasteiger partial charge in [-0.1, -0.05) is 12.1 Å². The van der Waals surface area contributed by atoms with Crippen LogP contribution in [0.25, 0.3) is 0 Å². The van der Waals surface area contributed by atoms with Gasteiger partial charge >= 0.3 is 0 Å². The topological polar surface area (TPSA) is 44.5 Å². The molecule has 0 aromatic heterocycles. The molecule has 2 aromatic rings. The third kappa shape index (κ3) is 3.24. The standard InChI is InChI=1S/C14H12Br2FNO2/c1-19-12-5-10(16)13(6-9(12)15)20-7-8-3-2-4-11(18)14(8)17/h2-6H,7,18H2,1H3. The SMILES string of the molecule is COc1cc(Br)c(OCc2cccc(N)c2F)cc1Br. The van der Waals surface area contributed by atoms with Crippen LogP contribution >= 0.6 is 31.9 Å². The average Bonchev–Trinajstić information content (AvgIpc) is 2.43. The van der Waals surface area contributed by atoms with Crippen molar-refractivity contribution in [1.82, 2.24) is 0 Å². The predicted molar refractivity (Wildman–Crippen MR) is 83.5 cm³/mol. The molecule has 20 heavy (non-hydrogen) atoms. The molecule has 0 aliphatic rings. The van der Waals surface area contributed by atoms with Crippen LogP contribution in [0.4, 0.5) is 10.1 Å². The Kier molecular flexibility index (Phi) is 4.88. The van der Waals surface area contributed by atoms with Crippen LogP contribution in [0.5, 0.6) is 11.5 Å². The minimum atomic E-state index is -0.448. The number of hydrogen-bond acceptors (Lipinski definition) is 3. The zero-order chi connectivity index (χ0) is 14.7. The second kappa shape index (κ2) is 6.45. The van der Waals surface area contributed by atoms with Crippen LogP contribution in [0.15, 0.2) is 39.3 Å². The molecule has 0 saturated heterocycles. The van der Waals surface area contributed by atoms with E-state index in [-0.39, 0.29) is 12.3 Å². The first-order valence-electron chi connectivity index (χ1n) is 5.71. The van der Waals surface area contributed by atoms with Gasteiger partial charge in [0.2, 0.25) is 0 Å². The number of nitrogens with two attached hydrogens (primary N) is 1. The lowest BCUT2D eigenvalue weighted by atomic mass is 10.2. The Morgan fingerprint density at radius 2 is 1.80 bits per heavy atom. The molecule has 0 bridgehead atoms. The van der Waals surface area contributed by atoms with Crippen molar-refractivity contribution >= 4 is 37.5 Å². The number of nitrogen functional groups attached to an aromatic ring is 1. The molecule has 2 aromatic carbocycles. The van der Waals surface area contributed by atoms with Gasteiger partial charge in [-0.2, -0.15) is 0 Å². The lowest BCUT2D eigenvalue weighted by Crippen LogP contribution is -2.02. The van der Waals surface area contributed by atoms with Crippen molar-refractivity contribution in [3.8, 4) is 11.5 Å². The Balaban J connectivity index is 2.19. The minimum Gasteiger partial charge on any atom is -0.496 e. The summed E-state index contributed by atoms with van der Waals surface area (Å²) in [5, 5.41) is 0. The molecule has 0 radical (unpaired) electrons. The number of benzene rings is 2. The van der Waals surface area contributed by atoms with E-state index < -0.39 is 5.82 Å². The Morgan fingerprint density at radius 1 is 1.15 bits per heavy atom. The van der Waals surface area contributed by atoms with Crippen molar-refractivity contribution in [3.63, 3.8) is 0 Å². The summed E-state index contributed by atoms with van der Waals surface area (Å²) in [7, 11) is 1.58. The lowest BCUT2D eigenvalue weighted by Gasteiger charge is -2.12. The summed E-state index contributed by atoms with van der Waals surface area (Å²) in [5.41, 5.74) is 6.04. The molecular weight excluding hydrogens is 393 g/mol. The van der Waals surface area contributed by atoms with Crippen LogP contribution in [0.3, 0.4) is 0 Å². The number of methoxy groups -OCH3 is 1. The highest BCUT2D eigenvalue weighted by Crippen LogP contribution is 2.36. The van der Waals surface area contributed by atoms with Gasteiger partial charge in [0.15, 0.2) is 5.82 Å². The highest BCUT2D eigenvalue weighted by Gasteiger charge is 2.10.